The molecule has 2 aliphatic rings. The number of nitrogens with one attached hydrogen (secondary N) is 2. The van der Waals surface area contributed by atoms with Crippen LogP contribution in [0, 0.1) is 5.92 Å². The number of rotatable bonds is 5. The number of carbonyl (C=O) groups is 3. The fourth-order valence-corrected chi connectivity index (χ4v) is 3.65. The SMILES string of the molecule is O=C(CN1CCC2(CC1)NC(=O)C[C@@H]2C(=O)O)NCc1ccccn1. The van der Waals surface area contributed by atoms with Crippen molar-refractivity contribution >= 4 is 17.8 Å². The molecule has 2 aliphatic heterocycles. The highest BCUT2D eigenvalue weighted by Crippen LogP contribution is 2.36. The van der Waals surface area contributed by atoms with Crippen LogP contribution in [0.2, 0.25) is 0 Å². The van der Waals surface area contributed by atoms with Crippen LogP contribution >= 0.6 is 0 Å². The number of hydrogen-bond donors (Lipinski definition) is 3. The average Bonchev–Trinajstić information content (AvgIpc) is 2.93. The number of likely N-dealkylation sites (tertiary alicyclic amines) is 1. The van der Waals surface area contributed by atoms with Crippen molar-refractivity contribution in [1.29, 1.82) is 0 Å². The molecule has 2 saturated heterocycles. The van der Waals surface area contributed by atoms with Crippen LogP contribution in [0.15, 0.2) is 24.4 Å². The Bertz CT molecular complexity index is 656. The first-order valence-corrected chi connectivity index (χ1v) is 8.41. The van der Waals surface area contributed by atoms with Crippen molar-refractivity contribution < 1.29 is 19.5 Å². The smallest absolute Gasteiger partial charge is 0.309 e. The van der Waals surface area contributed by atoms with Crippen LogP contribution in [-0.4, -0.2) is 57.9 Å². The molecule has 1 aromatic heterocycles. The molecular weight excluding hydrogens is 324 g/mol. The van der Waals surface area contributed by atoms with E-state index in [4.69, 9.17) is 0 Å². The molecule has 0 saturated carbocycles. The van der Waals surface area contributed by atoms with Gasteiger partial charge in [-0.3, -0.25) is 24.3 Å². The third-order valence-corrected chi connectivity index (χ3v) is 5.05. The minimum atomic E-state index is -0.931. The van der Waals surface area contributed by atoms with Crippen molar-refractivity contribution in [3.8, 4) is 0 Å². The third-order valence-electron chi connectivity index (χ3n) is 5.05. The summed E-state index contributed by atoms with van der Waals surface area (Å²) < 4.78 is 0. The monoisotopic (exact) mass is 346 g/mol. The molecule has 1 spiro atoms. The highest BCUT2D eigenvalue weighted by molar-refractivity contribution is 5.88. The number of carbonyl (C=O) groups excluding carboxylic acids is 2. The van der Waals surface area contributed by atoms with Crippen LogP contribution in [-0.2, 0) is 20.9 Å². The quantitative estimate of drug-likeness (QED) is 0.678. The largest absolute Gasteiger partial charge is 0.481 e. The van der Waals surface area contributed by atoms with Gasteiger partial charge in [-0.1, -0.05) is 6.07 Å². The van der Waals surface area contributed by atoms with E-state index in [2.05, 4.69) is 15.6 Å². The van der Waals surface area contributed by atoms with Crippen LogP contribution in [0.1, 0.15) is 25.0 Å². The molecule has 2 amide bonds. The number of aliphatic carboxylic acids is 1. The lowest BCUT2D eigenvalue weighted by atomic mass is 9.78. The predicted molar refractivity (Wildman–Crippen MR) is 88.4 cm³/mol. The van der Waals surface area contributed by atoms with Gasteiger partial charge in [-0.2, -0.15) is 0 Å². The summed E-state index contributed by atoms with van der Waals surface area (Å²) >= 11 is 0. The van der Waals surface area contributed by atoms with Crippen molar-refractivity contribution in [1.82, 2.24) is 20.5 Å². The van der Waals surface area contributed by atoms with E-state index in [1.807, 2.05) is 23.1 Å². The molecule has 3 N–H and O–H groups in total. The van der Waals surface area contributed by atoms with E-state index < -0.39 is 17.4 Å². The van der Waals surface area contributed by atoms with E-state index in [0.717, 1.165) is 5.69 Å². The van der Waals surface area contributed by atoms with E-state index in [1.165, 1.54) is 0 Å². The first kappa shape index (κ1) is 17.3. The molecule has 0 radical (unpaired) electrons. The fourth-order valence-electron chi connectivity index (χ4n) is 3.65. The average molecular weight is 346 g/mol. The summed E-state index contributed by atoms with van der Waals surface area (Å²) in [5, 5.41) is 15.1. The first-order valence-electron chi connectivity index (χ1n) is 8.41. The highest BCUT2D eigenvalue weighted by Gasteiger charge is 2.51. The number of piperidine rings is 1. The summed E-state index contributed by atoms with van der Waals surface area (Å²) in [4.78, 5) is 41.3. The molecule has 1 aromatic rings. The van der Waals surface area contributed by atoms with Gasteiger partial charge in [0.2, 0.25) is 11.8 Å². The molecule has 134 valence electrons. The van der Waals surface area contributed by atoms with E-state index >= 15 is 0 Å². The van der Waals surface area contributed by atoms with Crippen molar-refractivity contribution in [3.05, 3.63) is 30.1 Å². The summed E-state index contributed by atoms with van der Waals surface area (Å²) in [6.07, 6.45) is 2.81. The van der Waals surface area contributed by atoms with Crippen LogP contribution in [0.5, 0.6) is 0 Å². The standard InChI is InChI=1S/C17H22N4O4/c22-14-9-13(16(24)25)17(20-14)4-7-21(8-5-17)11-15(23)19-10-12-3-1-2-6-18-12/h1-3,6,13H,4-5,7-11H2,(H,19,23)(H,20,22)(H,24,25)/t13-/m1/s1. The Morgan fingerprint density at radius 2 is 2.12 bits per heavy atom. The topological polar surface area (TPSA) is 112 Å². The molecular formula is C17H22N4O4. The molecule has 1 atom stereocenters. The Kier molecular flexibility index (Phi) is 4.98. The van der Waals surface area contributed by atoms with E-state index in [0.29, 0.717) is 32.5 Å². The van der Waals surface area contributed by atoms with Gasteiger partial charge in [0.1, 0.15) is 0 Å². The number of pyridine rings is 1. The van der Waals surface area contributed by atoms with Crippen LogP contribution < -0.4 is 10.6 Å². The lowest BCUT2D eigenvalue weighted by molar-refractivity contribution is -0.145. The van der Waals surface area contributed by atoms with Gasteiger partial charge in [-0.05, 0) is 25.0 Å². The van der Waals surface area contributed by atoms with Crippen LogP contribution in [0.4, 0.5) is 0 Å². The lowest BCUT2D eigenvalue weighted by Gasteiger charge is -2.41. The number of nitrogens with zero attached hydrogens (tertiary/aromatic N) is 2. The summed E-state index contributed by atoms with van der Waals surface area (Å²) in [6.45, 7) is 1.81. The Morgan fingerprint density at radius 1 is 1.36 bits per heavy atom. The molecule has 0 aliphatic carbocycles. The number of aromatic nitrogens is 1. The highest BCUT2D eigenvalue weighted by atomic mass is 16.4. The molecule has 0 bridgehead atoms. The van der Waals surface area contributed by atoms with Gasteiger partial charge in [0.15, 0.2) is 0 Å². The Hall–Kier alpha value is -2.48. The second-order valence-corrected chi connectivity index (χ2v) is 6.67. The maximum atomic E-state index is 12.1. The summed E-state index contributed by atoms with van der Waals surface area (Å²) in [5.41, 5.74) is 0.135. The number of amides is 2. The lowest BCUT2D eigenvalue weighted by Crippen LogP contribution is -2.56. The van der Waals surface area contributed by atoms with Crippen molar-refractivity contribution in [3.63, 3.8) is 0 Å². The third kappa shape index (κ3) is 3.96. The van der Waals surface area contributed by atoms with E-state index in [1.54, 1.807) is 6.20 Å². The minimum absolute atomic E-state index is 0.0416. The Labute approximate surface area is 145 Å². The number of hydrogen-bond acceptors (Lipinski definition) is 5. The van der Waals surface area contributed by atoms with Gasteiger partial charge < -0.3 is 15.7 Å². The number of carboxylic acid groups (broad SMARTS) is 1. The fraction of sp³-hybridized carbons (Fsp3) is 0.529. The molecule has 0 aromatic carbocycles. The summed E-state index contributed by atoms with van der Waals surface area (Å²) in [6, 6.07) is 5.54. The maximum absolute atomic E-state index is 12.1. The molecule has 8 heteroatoms. The maximum Gasteiger partial charge on any atom is 0.309 e. The van der Waals surface area contributed by atoms with E-state index in [-0.39, 0.29) is 24.8 Å². The molecule has 8 nitrogen and oxygen atoms in total. The van der Waals surface area contributed by atoms with Crippen LogP contribution in [0.3, 0.4) is 0 Å². The normalized spacial score (nSPS) is 22.6. The van der Waals surface area contributed by atoms with Crippen LogP contribution in [0.25, 0.3) is 0 Å². The van der Waals surface area contributed by atoms with Gasteiger partial charge in [0.05, 0.1) is 30.2 Å². The van der Waals surface area contributed by atoms with Gasteiger partial charge in [0.25, 0.3) is 0 Å². The molecule has 25 heavy (non-hydrogen) atoms. The van der Waals surface area contributed by atoms with E-state index in [9.17, 15) is 19.5 Å². The van der Waals surface area contributed by atoms with Gasteiger partial charge in [-0.25, -0.2) is 0 Å². The zero-order valence-corrected chi connectivity index (χ0v) is 13.9. The van der Waals surface area contributed by atoms with Crippen molar-refractivity contribution in [2.75, 3.05) is 19.6 Å². The molecule has 0 unspecified atom stereocenters. The second kappa shape index (κ2) is 7.18. The van der Waals surface area contributed by atoms with Gasteiger partial charge in [-0.15, -0.1) is 0 Å². The summed E-state index contributed by atoms with van der Waals surface area (Å²) in [7, 11) is 0. The molecule has 2 fully saturated rings. The number of carboxylic acids is 1. The van der Waals surface area contributed by atoms with Crippen molar-refractivity contribution in [2.45, 2.75) is 31.3 Å². The predicted octanol–water partition coefficient (Wildman–Crippen LogP) is -0.247. The van der Waals surface area contributed by atoms with Gasteiger partial charge in [0, 0.05) is 25.7 Å². The van der Waals surface area contributed by atoms with Gasteiger partial charge >= 0.3 is 5.97 Å². The molecule has 3 rings (SSSR count). The Morgan fingerprint density at radius 3 is 2.76 bits per heavy atom. The zero-order valence-electron chi connectivity index (χ0n) is 13.9. The zero-order chi connectivity index (χ0) is 17.9. The molecule has 3 heterocycles. The minimum Gasteiger partial charge on any atom is -0.481 e. The second-order valence-electron chi connectivity index (χ2n) is 6.67. The van der Waals surface area contributed by atoms with Crippen molar-refractivity contribution in [2.24, 2.45) is 5.92 Å². The Balaban J connectivity index is 1.48. The summed E-state index contributed by atoms with van der Waals surface area (Å²) in [5.74, 6) is -1.90. The first-order chi connectivity index (χ1) is 12.0.